The second-order valence-corrected chi connectivity index (χ2v) is 13.6. The van der Waals surface area contributed by atoms with Crippen LogP contribution in [0, 0.1) is 5.92 Å². The number of hydrogen-bond acceptors (Lipinski definition) is 6. The molecule has 3 aliphatic heterocycles. The number of aryl methyl sites for hydroxylation is 1. The fraction of sp³-hybridized carbons (Fsp3) is 0.515. The summed E-state index contributed by atoms with van der Waals surface area (Å²) in [5, 5.41) is 0.856. The number of alkyl halides is 2. The van der Waals surface area contributed by atoms with Crippen molar-refractivity contribution >= 4 is 34.0 Å². The predicted octanol–water partition coefficient (Wildman–Crippen LogP) is 4.21. The molecule has 3 aromatic heterocycles. The second kappa shape index (κ2) is 10.1. The molecule has 3 amide bonds. The number of fused-ring (bicyclic) bond motifs is 4. The van der Waals surface area contributed by atoms with Gasteiger partial charge in [-0.3, -0.25) is 4.79 Å². The Morgan fingerprint density at radius 2 is 1.91 bits per heavy atom. The lowest BCUT2D eigenvalue weighted by Gasteiger charge is -2.49. The number of nitrogens with zero attached hydrogens (tertiary/aromatic N) is 6. The van der Waals surface area contributed by atoms with Crippen molar-refractivity contribution in [2.45, 2.75) is 81.6 Å². The molecule has 8 rings (SSSR count). The molecule has 5 atom stereocenters. The number of halogens is 2. The van der Waals surface area contributed by atoms with Crippen LogP contribution in [0.25, 0.3) is 33.6 Å². The number of carbonyl (C=O) groups excluding carboxylic acids is 2. The molecule has 6 heterocycles. The molecule has 11 nitrogen and oxygen atoms in total. The van der Waals surface area contributed by atoms with Gasteiger partial charge in [0.05, 0.1) is 24.9 Å². The van der Waals surface area contributed by atoms with E-state index in [0.717, 1.165) is 53.6 Å². The first-order chi connectivity index (χ1) is 22.0. The number of primary amides is 1. The first-order valence-electron chi connectivity index (χ1n) is 16.0. The van der Waals surface area contributed by atoms with E-state index in [0.29, 0.717) is 46.5 Å². The monoisotopic (exact) mass is 632 g/mol. The third kappa shape index (κ3) is 4.30. The van der Waals surface area contributed by atoms with Crippen LogP contribution in [0.15, 0.2) is 30.3 Å². The summed E-state index contributed by atoms with van der Waals surface area (Å²) in [5.41, 5.74) is 15.6. The van der Waals surface area contributed by atoms with Crippen molar-refractivity contribution in [2.24, 2.45) is 24.4 Å². The van der Waals surface area contributed by atoms with Crippen molar-refractivity contribution in [3.8, 4) is 17.3 Å². The van der Waals surface area contributed by atoms with Gasteiger partial charge in [-0.2, -0.15) is 0 Å². The number of urea groups is 1. The molecule has 1 unspecified atom stereocenters. The summed E-state index contributed by atoms with van der Waals surface area (Å²) < 4.78 is 39.2. The van der Waals surface area contributed by atoms with Gasteiger partial charge >= 0.3 is 6.03 Å². The van der Waals surface area contributed by atoms with E-state index in [2.05, 4.69) is 4.57 Å². The average molecular weight is 633 g/mol. The molecule has 4 aromatic rings. The van der Waals surface area contributed by atoms with E-state index in [-0.39, 0.29) is 24.0 Å². The number of methoxy groups -OCH3 is 1. The number of carbonyl (C=O) groups is 2. The van der Waals surface area contributed by atoms with Crippen LogP contribution in [0.3, 0.4) is 0 Å². The number of ether oxygens (including phenoxy) is 1. The number of imidazole rings is 1. The van der Waals surface area contributed by atoms with Gasteiger partial charge in [0.2, 0.25) is 0 Å². The lowest BCUT2D eigenvalue weighted by atomic mass is 9.84. The number of likely N-dealkylation sites (tertiary alicyclic amines) is 1. The van der Waals surface area contributed by atoms with Gasteiger partial charge in [-0.25, -0.2) is 23.5 Å². The number of aromatic nitrogens is 4. The van der Waals surface area contributed by atoms with Crippen LogP contribution in [0.5, 0.6) is 5.75 Å². The molecule has 2 bridgehead atoms. The number of rotatable bonds is 7. The molecule has 0 radical (unpaired) electrons. The summed E-state index contributed by atoms with van der Waals surface area (Å²) in [6.45, 7) is 1.69. The van der Waals surface area contributed by atoms with Crippen molar-refractivity contribution in [3.05, 3.63) is 41.6 Å². The molecular formula is C33H38F2N8O3. The van der Waals surface area contributed by atoms with Gasteiger partial charge in [-0.15, -0.1) is 0 Å². The maximum absolute atomic E-state index is 14.6. The summed E-state index contributed by atoms with van der Waals surface area (Å²) in [7, 11) is 3.51. The van der Waals surface area contributed by atoms with Gasteiger partial charge in [0.25, 0.3) is 11.8 Å². The highest BCUT2D eigenvalue weighted by molar-refractivity contribution is 6.00. The molecule has 13 heteroatoms. The standard InChI is InChI=1S/C33H38F2N8O3/c1-16(28-33(34,35)15-42(28)32(37)45)22-8-6-18-11-25(41(29(18)38-22)14-17-4-5-17)30-39-23-10-19(12-26(46-3)27(23)40(30)2)31(44)43-20-7-9-24(43)21(36)13-20/h6,8,10-12,16-17,20-21,24,28H,4-5,7,9,13-15,36H2,1-3H3,(H2,37,45)/t16-,20-,21+,24+,28?/m0/s1. The Bertz CT molecular complexity index is 1920. The molecule has 3 saturated heterocycles. The number of nitrogens with two attached hydrogens (primary N) is 2. The Labute approximate surface area is 264 Å². The Hall–Kier alpha value is -4.26. The highest BCUT2D eigenvalue weighted by Gasteiger charge is 2.59. The predicted molar refractivity (Wildman–Crippen MR) is 168 cm³/mol. The molecule has 1 aliphatic carbocycles. The van der Waals surface area contributed by atoms with E-state index in [4.69, 9.17) is 26.2 Å². The largest absolute Gasteiger partial charge is 0.494 e. The normalized spacial score (nSPS) is 25.8. The third-order valence-electron chi connectivity index (χ3n) is 10.7. The summed E-state index contributed by atoms with van der Waals surface area (Å²) in [6, 6.07) is 7.32. The molecule has 46 heavy (non-hydrogen) atoms. The van der Waals surface area contributed by atoms with Crippen molar-refractivity contribution in [3.63, 3.8) is 0 Å². The minimum atomic E-state index is -3.04. The third-order valence-corrected chi connectivity index (χ3v) is 10.7. The van der Waals surface area contributed by atoms with E-state index in [9.17, 15) is 18.4 Å². The van der Waals surface area contributed by atoms with Crippen LogP contribution in [0.4, 0.5) is 13.6 Å². The number of pyridine rings is 1. The van der Waals surface area contributed by atoms with Crippen molar-refractivity contribution in [2.75, 3.05) is 13.7 Å². The van der Waals surface area contributed by atoms with Gasteiger partial charge in [-0.1, -0.05) is 6.92 Å². The van der Waals surface area contributed by atoms with Crippen LogP contribution in [0.1, 0.15) is 61.0 Å². The maximum atomic E-state index is 14.6. The van der Waals surface area contributed by atoms with Crippen molar-refractivity contribution in [1.29, 1.82) is 0 Å². The molecule has 4 aliphatic rings. The van der Waals surface area contributed by atoms with E-state index in [1.807, 2.05) is 34.7 Å². The average Bonchev–Trinajstić information content (AvgIpc) is 3.34. The van der Waals surface area contributed by atoms with Gasteiger partial charge in [0.15, 0.2) is 5.82 Å². The second-order valence-electron chi connectivity index (χ2n) is 13.6. The maximum Gasteiger partial charge on any atom is 0.315 e. The van der Waals surface area contributed by atoms with E-state index in [1.54, 1.807) is 26.2 Å². The summed E-state index contributed by atoms with van der Waals surface area (Å²) in [5.74, 6) is -2.11. The Balaban J connectivity index is 1.21. The number of benzene rings is 1. The van der Waals surface area contributed by atoms with Gasteiger partial charge in [0.1, 0.15) is 23.0 Å². The zero-order valence-corrected chi connectivity index (χ0v) is 26.1. The summed E-state index contributed by atoms with van der Waals surface area (Å²) >= 11 is 0. The van der Waals surface area contributed by atoms with Crippen LogP contribution in [0.2, 0.25) is 0 Å². The van der Waals surface area contributed by atoms with Crippen molar-refractivity contribution < 1.29 is 23.1 Å². The molecule has 0 spiro atoms. The molecule has 1 saturated carbocycles. The molecular weight excluding hydrogens is 594 g/mol. The highest BCUT2D eigenvalue weighted by Crippen LogP contribution is 2.44. The van der Waals surface area contributed by atoms with Crippen LogP contribution in [-0.2, 0) is 13.6 Å². The fourth-order valence-corrected chi connectivity index (χ4v) is 8.19. The van der Waals surface area contributed by atoms with E-state index >= 15 is 0 Å². The zero-order valence-electron chi connectivity index (χ0n) is 26.1. The first kappa shape index (κ1) is 29.2. The Morgan fingerprint density at radius 3 is 2.54 bits per heavy atom. The van der Waals surface area contributed by atoms with Gasteiger partial charge in [-0.05, 0) is 68.4 Å². The van der Waals surface area contributed by atoms with Gasteiger partial charge < -0.3 is 35.1 Å². The SMILES string of the molecule is COc1cc(C(=O)N2[C@H]3CC[C@@H]2[C@H](N)C3)cc2nc(-c3cc4ccc([C@H](C)C5N(C(N)=O)CC5(F)F)nc4n3CC3CC3)n(C)c12. The smallest absolute Gasteiger partial charge is 0.315 e. The van der Waals surface area contributed by atoms with E-state index < -0.39 is 30.5 Å². The molecule has 242 valence electrons. The summed E-state index contributed by atoms with van der Waals surface area (Å²) in [4.78, 5) is 38.6. The minimum absolute atomic E-state index is 0.00702. The minimum Gasteiger partial charge on any atom is -0.494 e. The van der Waals surface area contributed by atoms with Crippen LogP contribution < -0.4 is 16.2 Å². The topological polar surface area (TPSA) is 138 Å². The summed E-state index contributed by atoms with van der Waals surface area (Å²) in [6.07, 6.45) is 4.93. The molecule has 1 aromatic carbocycles. The lowest BCUT2D eigenvalue weighted by Crippen LogP contribution is -2.69. The van der Waals surface area contributed by atoms with Gasteiger partial charge in [0, 0.05) is 54.3 Å². The number of amides is 3. The quantitative estimate of drug-likeness (QED) is 0.313. The Kier molecular flexibility index (Phi) is 6.41. The van der Waals surface area contributed by atoms with Crippen LogP contribution >= 0.6 is 0 Å². The van der Waals surface area contributed by atoms with Crippen molar-refractivity contribution in [1.82, 2.24) is 28.9 Å². The Morgan fingerprint density at radius 1 is 1.13 bits per heavy atom. The lowest BCUT2D eigenvalue weighted by molar-refractivity contribution is -0.167. The fourth-order valence-electron chi connectivity index (χ4n) is 8.19. The van der Waals surface area contributed by atoms with E-state index in [1.165, 1.54) is 0 Å². The number of hydrogen-bond donors (Lipinski definition) is 2. The highest BCUT2D eigenvalue weighted by atomic mass is 19.3. The first-order valence-corrected chi connectivity index (χ1v) is 16.0. The van der Waals surface area contributed by atoms with Crippen LogP contribution in [-0.4, -0.2) is 84.6 Å². The zero-order chi connectivity index (χ0) is 32.2. The molecule has 4 N–H and O–H groups in total. The molecule has 4 fully saturated rings.